The molecule has 0 aliphatic heterocycles. The Balaban J connectivity index is 1.24. The van der Waals surface area contributed by atoms with Crippen LogP contribution in [0.25, 0.3) is 11.1 Å². The summed E-state index contributed by atoms with van der Waals surface area (Å²) >= 11 is 1.64. The average molecular weight is 743 g/mol. The van der Waals surface area contributed by atoms with Crippen LogP contribution < -0.4 is 10.6 Å². The highest BCUT2D eigenvalue weighted by atomic mass is 32.2. The summed E-state index contributed by atoms with van der Waals surface area (Å²) in [5.74, 6) is -1.33. The van der Waals surface area contributed by atoms with Gasteiger partial charge in [-0.05, 0) is 72.6 Å². The summed E-state index contributed by atoms with van der Waals surface area (Å²) in [6.07, 6.45) is -0.950. The molecule has 0 spiro atoms. The quantitative estimate of drug-likeness (QED) is 0.0972. The fraction of sp³-hybridized carbons (Fsp3) is 0.267. The number of thioether (sulfide) groups is 1. The zero-order valence-electron chi connectivity index (χ0n) is 30.7. The third-order valence-electron chi connectivity index (χ3n) is 9.47. The molecule has 0 bridgehead atoms. The predicted octanol–water partition coefficient (Wildman–Crippen LogP) is 9.38. The number of hydrogen-bond donors (Lipinski definition) is 3. The highest BCUT2D eigenvalue weighted by Crippen LogP contribution is 2.51. The number of ether oxygens (including phenoxy) is 2. The lowest BCUT2D eigenvalue weighted by molar-refractivity contribution is -0.139. The SMILES string of the molecule is CC(C)(C)OC(=O)NCC(CC[C@H](NC(=O)OCC1c2ccccc2-c2ccccc21)C(=O)O)SC(c1ccccc1)(c1ccccc1)c1ccccc1. The van der Waals surface area contributed by atoms with Crippen LogP contribution in [0, 0.1) is 0 Å². The molecule has 1 unspecified atom stereocenters. The molecular weight excluding hydrogens is 697 g/mol. The van der Waals surface area contributed by atoms with Gasteiger partial charge < -0.3 is 25.2 Å². The normalized spacial score (nSPS) is 13.5. The standard InChI is InChI=1S/C45H46N2O6S/c1-44(2,3)53-42(50)46-29-34(54-45(31-17-7-4-8-18-31,32-19-9-5-10-20-32)33-21-11-6-12-22-33)27-28-40(41(48)49)47-43(51)52-30-39-37-25-15-13-23-35(37)36-24-14-16-26-38(36)39/h4-26,34,39-40H,27-30H2,1-3H3,(H,46,50)(H,47,51)(H,48,49)/t34?,40-/m0/s1. The van der Waals surface area contributed by atoms with Crippen LogP contribution >= 0.6 is 11.8 Å². The maximum absolute atomic E-state index is 13.2. The molecule has 0 saturated carbocycles. The Kier molecular flexibility index (Phi) is 12.1. The summed E-state index contributed by atoms with van der Waals surface area (Å²) in [6.45, 7) is 5.66. The molecule has 8 nitrogen and oxygen atoms in total. The number of alkyl carbamates (subject to hydrolysis) is 2. The van der Waals surface area contributed by atoms with E-state index in [0.29, 0.717) is 6.42 Å². The summed E-state index contributed by atoms with van der Waals surface area (Å²) in [7, 11) is 0. The Labute approximate surface area is 321 Å². The largest absolute Gasteiger partial charge is 0.480 e. The lowest BCUT2D eigenvalue weighted by Gasteiger charge is -2.38. The summed E-state index contributed by atoms with van der Waals surface area (Å²) in [5, 5.41) is 15.5. The van der Waals surface area contributed by atoms with E-state index in [4.69, 9.17) is 9.47 Å². The van der Waals surface area contributed by atoms with Gasteiger partial charge >= 0.3 is 18.2 Å². The number of rotatable bonds is 14. The first-order chi connectivity index (χ1) is 26.0. The van der Waals surface area contributed by atoms with Crippen molar-refractivity contribution in [2.75, 3.05) is 13.2 Å². The minimum Gasteiger partial charge on any atom is -0.480 e. The lowest BCUT2D eigenvalue weighted by Crippen LogP contribution is -2.43. The molecule has 0 heterocycles. The molecule has 54 heavy (non-hydrogen) atoms. The van der Waals surface area contributed by atoms with Crippen LogP contribution in [0.4, 0.5) is 9.59 Å². The summed E-state index contributed by atoms with van der Waals surface area (Å²) < 4.78 is 10.6. The Morgan fingerprint density at radius 1 is 0.667 bits per heavy atom. The van der Waals surface area contributed by atoms with E-state index in [1.807, 2.05) is 91.0 Å². The molecule has 278 valence electrons. The number of carbonyl (C=O) groups excluding carboxylic acids is 2. The molecule has 1 aliphatic rings. The minimum absolute atomic E-state index is 0.0677. The molecule has 6 rings (SSSR count). The van der Waals surface area contributed by atoms with E-state index in [0.717, 1.165) is 38.9 Å². The lowest BCUT2D eigenvalue weighted by atomic mass is 9.84. The van der Waals surface area contributed by atoms with Gasteiger partial charge in [-0.25, -0.2) is 14.4 Å². The zero-order chi connectivity index (χ0) is 38.1. The molecule has 0 saturated heterocycles. The second-order valence-electron chi connectivity index (χ2n) is 14.3. The number of carboxylic acids is 1. The highest BCUT2D eigenvalue weighted by Gasteiger charge is 2.40. The number of hydrogen-bond acceptors (Lipinski definition) is 6. The molecule has 0 aromatic heterocycles. The molecule has 2 amide bonds. The van der Waals surface area contributed by atoms with Gasteiger partial charge in [-0.2, -0.15) is 0 Å². The first kappa shape index (κ1) is 38.2. The number of benzene rings is 5. The molecule has 9 heteroatoms. The number of nitrogens with one attached hydrogen (secondary N) is 2. The van der Waals surface area contributed by atoms with Gasteiger partial charge in [0.2, 0.25) is 0 Å². The Bertz CT molecular complexity index is 1890. The molecule has 2 atom stereocenters. The second-order valence-corrected chi connectivity index (χ2v) is 15.9. The topological polar surface area (TPSA) is 114 Å². The van der Waals surface area contributed by atoms with E-state index >= 15 is 0 Å². The number of amides is 2. The smallest absolute Gasteiger partial charge is 0.407 e. The second kappa shape index (κ2) is 17.1. The number of carbonyl (C=O) groups is 3. The predicted molar refractivity (Wildman–Crippen MR) is 214 cm³/mol. The first-order valence-corrected chi connectivity index (χ1v) is 19.1. The van der Waals surface area contributed by atoms with Crippen LogP contribution in [0.5, 0.6) is 0 Å². The van der Waals surface area contributed by atoms with Crippen molar-refractivity contribution in [3.05, 3.63) is 167 Å². The van der Waals surface area contributed by atoms with E-state index in [2.05, 4.69) is 59.2 Å². The van der Waals surface area contributed by atoms with Gasteiger partial charge in [-0.15, -0.1) is 11.8 Å². The summed E-state index contributed by atoms with van der Waals surface area (Å²) in [4.78, 5) is 38.8. The average Bonchev–Trinajstić information content (AvgIpc) is 3.50. The third-order valence-corrected chi connectivity index (χ3v) is 11.3. The molecule has 5 aromatic carbocycles. The van der Waals surface area contributed by atoms with E-state index in [9.17, 15) is 19.5 Å². The van der Waals surface area contributed by atoms with Gasteiger partial charge in [0.25, 0.3) is 0 Å². The van der Waals surface area contributed by atoms with Gasteiger partial charge in [0.05, 0.1) is 4.75 Å². The number of fused-ring (bicyclic) bond motifs is 3. The molecule has 3 N–H and O–H groups in total. The summed E-state index contributed by atoms with van der Waals surface area (Å²) in [5.41, 5.74) is 6.73. The van der Waals surface area contributed by atoms with Gasteiger partial charge in [-0.3, -0.25) is 0 Å². The van der Waals surface area contributed by atoms with Crippen molar-refractivity contribution in [2.45, 2.75) is 61.2 Å². The number of carboxylic acid groups (broad SMARTS) is 1. The van der Waals surface area contributed by atoms with Crippen molar-refractivity contribution in [3.8, 4) is 11.1 Å². The molecule has 0 fully saturated rings. The molecule has 0 radical (unpaired) electrons. The fourth-order valence-electron chi connectivity index (χ4n) is 7.08. The van der Waals surface area contributed by atoms with Gasteiger partial charge in [0.1, 0.15) is 18.2 Å². The van der Waals surface area contributed by atoms with E-state index in [1.165, 1.54) is 0 Å². The number of aliphatic carboxylic acids is 1. The van der Waals surface area contributed by atoms with Crippen molar-refractivity contribution < 1.29 is 29.0 Å². The van der Waals surface area contributed by atoms with Crippen LogP contribution in [0.2, 0.25) is 0 Å². The van der Waals surface area contributed by atoms with E-state index in [1.54, 1.807) is 32.5 Å². The first-order valence-electron chi connectivity index (χ1n) is 18.2. The van der Waals surface area contributed by atoms with Crippen molar-refractivity contribution in [3.63, 3.8) is 0 Å². The van der Waals surface area contributed by atoms with E-state index < -0.39 is 34.5 Å². The minimum atomic E-state index is -1.23. The zero-order valence-corrected chi connectivity index (χ0v) is 31.6. The van der Waals surface area contributed by atoms with Crippen LogP contribution in [0.3, 0.4) is 0 Å². The van der Waals surface area contributed by atoms with E-state index in [-0.39, 0.29) is 30.7 Å². The molecule has 5 aromatic rings. The molecular formula is C45H46N2O6S. The molecule has 1 aliphatic carbocycles. The van der Waals surface area contributed by atoms with Crippen LogP contribution in [-0.4, -0.2) is 53.3 Å². The highest BCUT2D eigenvalue weighted by molar-refractivity contribution is 8.01. The Hall–Kier alpha value is -5.54. The monoisotopic (exact) mass is 742 g/mol. The maximum Gasteiger partial charge on any atom is 0.407 e. The Morgan fingerprint density at radius 2 is 1.13 bits per heavy atom. The summed E-state index contributed by atoms with van der Waals surface area (Å²) in [6, 6.07) is 45.3. The van der Waals surface area contributed by atoms with Gasteiger partial charge in [0, 0.05) is 17.7 Å². The van der Waals surface area contributed by atoms with Gasteiger partial charge in [-0.1, -0.05) is 140 Å². The van der Waals surface area contributed by atoms with Crippen LogP contribution in [-0.2, 0) is 19.0 Å². The van der Waals surface area contributed by atoms with Crippen molar-refractivity contribution in [2.24, 2.45) is 0 Å². The Morgan fingerprint density at radius 3 is 1.59 bits per heavy atom. The van der Waals surface area contributed by atoms with Crippen molar-refractivity contribution in [1.82, 2.24) is 10.6 Å². The van der Waals surface area contributed by atoms with Crippen molar-refractivity contribution >= 4 is 29.9 Å². The van der Waals surface area contributed by atoms with Crippen molar-refractivity contribution in [1.29, 1.82) is 0 Å². The fourth-order valence-corrected chi connectivity index (χ4v) is 8.82. The van der Waals surface area contributed by atoms with Crippen LogP contribution in [0.1, 0.15) is 67.3 Å². The third kappa shape index (κ3) is 8.97. The maximum atomic E-state index is 13.2. The van der Waals surface area contributed by atoms with Gasteiger partial charge in [0.15, 0.2) is 0 Å². The van der Waals surface area contributed by atoms with Crippen LogP contribution in [0.15, 0.2) is 140 Å².